The van der Waals surface area contributed by atoms with Crippen LogP contribution in [0.15, 0.2) is 0 Å². The van der Waals surface area contributed by atoms with E-state index in [1.54, 1.807) is 0 Å². The molecule has 0 saturated carbocycles. The van der Waals surface area contributed by atoms with Gasteiger partial charge < -0.3 is 14.8 Å². The average molecular weight is 245 g/mol. The van der Waals surface area contributed by atoms with Gasteiger partial charge >= 0.3 is 0 Å². The molecule has 2 unspecified atom stereocenters. The Bertz CT molecular complexity index is 172. The molecule has 0 amide bonds. The highest BCUT2D eigenvalue weighted by atomic mass is 16.5. The van der Waals surface area contributed by atoms with Gasteiger partial charge in [-0.1, -0.05) is 27.7 Å². The van der Waals surface area contributed by atoms with Crippen molar-refractivity contribution in [2.24, 2.45) is 11.8 Å². The zero-order valence-electron chi connectivity index (χ0n) is 12.5. The van der Waals surface area contributed by atoms with Crippen LogP contribution >= 0.6 is 0 Å². The fraction of sp³-hybridized carbons (Fsp3) is 1.00. The standard InChI is InChI=1S/C14H31NO2/c1-7-16-10-13(6)17-14(12(4)5)9-15-8-11(2)3/h11-15H,7-10H2,1-6H3. The highest BCUT2D eigenvalue weighted by Gasteiger charge is 2.17. The van der Waals surface area contributed by atoms with Gasteiger partial charge in [-0.05, 0) is 32.2 Å². The second kappa shape index (κ2) is 9.86. The van der Waals surface area contributed by atoms with E-state index < -0.39 is 0 Å². The first-order valence-electron chi connectivity index (χ1n) is 6.91. The maximum absolute atomic E-state index is 6.01. The van der Waals surface area contributed by atoms with Crippen molar-refractivity contribution in [2.45, 2.75) is 53.8 Å². The number of nitrogens with one attached hydrogen (secondary N) is 1. The van der Waals surface area contributed by atoms with Crippen molar-refractivity contribution in [1.29, 1.82) is 0 Å². The lowest BCUT2D eigenvalue weighted by Gasteiger charge is -2.26. The number of ether oxygens (including phenoxy) is 2. The minimum absolute atomic E-state index is 0.170. The Morgan fingerprint density at radius 1 is 1.00 bits per heavy atom. The molecular formula is C14H31NO2. The summed E-state index contributed by atoms with van der Waals surface area (Å²) >= 11 is 0. The molecule has 3 nitrogen and oxygen atoms in total. The van der Waals surface area contributed by atoms with Gasteiger partial charge in [0.1, 0.15) is 0 Å². The van der Waals surface area contributed by atoms with Crippen LogP contribution in [0.2, 0.25) is 0 Å². The van der Waals surface area contributed by atoms with E-state index in [-0.39, 0.29) is 12.2 Å². The second-order valence-corrected chi connectivity index (χ2v) is 5.44. The highest BCUT2D eigenvalue weighted by molar-refractivity contribution is 4.68. The van der Waals surface area contributed by atoms with Gasteiger partial charge in [0.25, 0.3) is 0 Å². The molecule has 0 aliphatic heterocycles. The Labute approximate surface area is 107 Å². The Balaban J connectivity index is 3.88. The van der Waals surface area contributed by atoms with Gasteiger partial charge in [0, 0.05) is 13.2 Å². The van der Waals surface area contributed by atoms with Crippen molar-refractivity contribution in [2.75, 3.05) is 26.3 Å². The lowest BCUT2D eigenvalue weighted by atomic mass is 10.1. The summed E-state index contributed by atoms with van der Waals surface area (Å²) < 4.78 is 11.4. The van der Waals surface area contributed by atoms with E-state index in [0.717, 1.165) is 19.7 Å². The monoisotopic (exact) mass is 245 g/mol. The second-order valence-electron chi connectivity index (χ2n) is 5.44. The molecule has 0 aliphatic carbocycles. The van der Waals surface area contributed by atoms with E-state index in [2.05, 4.69) is 39.9 Å². The number of hydrogen-bond acceptors (Lipinski definition) is 3. The first-order valence-corrected chi connectivity index (χ1v) is 6.91. The predicted octanol–water partition coefficient (Wildman–Crippen LogP) is 2.70. The molecule has 104 valence electrons. The summed E-state index contributed by atoms with van der Waals surface area (Å²) in [6.07, 6.45) is 0.437. The summed E-state index contributed by atoms with van der Waals surface area (Å²) in [6, 6.07) is 0. The molecule has 3 heteroatoms. The first kappa shape index (κ1) is 16.9. The van der Waals surface area contributed by atoms with E-state index >= 15 is 0 Å². The Kier molecular flexibility index (Phi) is 9.79. The van der Waals surface area contributed by atoms with E-state index in [1.165, 1.54) is 0 Å². The number of rotatable bonds is 10. The van der Waals surface area contributed by atoms with E-state index in [9.17, 15) is 0 Å². The first-order chi connectivity index (χ1) is 7.97. The van der Waals surface area contributed by atoms with Crippen LogP contribution in [-0.2, 0) is 9.47 Å². The third-order valence-electron chi connectivity index (χ3n) is 2.61. The van der Waals surface area contributed by atoms with Crippen LogP contribution < -0.4 is 5.32 Å². The quantitative estimate of drug-likeness (QED) is 0.642. The minimum atomic E-state index is 0.170. The predicted molar refractivity (Wildman–Crippen MR) is 73.4 cm³/mol. The van der Waals surface area contributed by atoms with E-state index in [4.69, 9.17) is 9.47 Å². The summed E-state index contributed by atoms with van der Waals surface area (Å²) in [4.78, 5) is 0. The molecule has 0 spiro atoms. The summed E-state index contributed by atoms with van der Waals surface area (Å²) in [5, 5.41) is 3.46. The molecule has 0 aromatic heterocycles. The van der Waals surface area contributed by atoms with Crippen LogP contribution in [0.4, 0.5) is 0 Å². The van der Waals surface area contributed by atoms with E-state index in [0.29, 0.717) is 18.4 Å². The molecule has 0 heterocycles. The van der Waals surface area contributed by atoms with Crippen molar-refractivity contribution >= 4 is 0 Å². The van der Waals surface area contributed by atoms with Crippen LogP contribution in [0, 0.1) is 11.8 Å². The SMILES string of the molecule is CCOCC(C)OC(CNCC(C)C)C(C)C. The molecule has 0 bridgehead atoms. The van der Waals surface area contributed by atoms with Crippen molar-refractivity contribution in [3.05, 3.63) is 0 Å². The van der Waals surface area contributed by atoms with Gasteiger partial charge in [-0.25, -0.2) is 0 Å². The fourth-order valence-electron chi connectivity index (χ4n) is 1.58. The maximum atomic E-state index is 6.01. The lowest BCUT2D eigenvalue weighted by Crippen LogP contribution is -2.37. The Morgan fingerprint density at radius 2 is 1.65 bits per heavy atom. The van der Waals surface area contributed by atoms with Crippen molar-refractivity contribution < 1.29 is 9.47 Å². The van der Waals surface area contributed by atoms with Crippen LogP contribution in [0.5, 0.6) is 0 Å². The van der Waals surface area contributed by atoms with E-state index in [1.807, 2.05) is 6.92 Å². The molecule has 2 atom stereocenters. The van der Waals surface area contributed by atoms with Crippen LogP contribution in [-0.4, -0.2) is 38.5 Å². The molecule has 0 saturated heterocycles. The normalized spacial score (nSPS) is 15.5. The molecule has 1 N–H and O–H groups in total. The molecule has 0 fully saturated rings. The zero-order chi connectivity index (χ0) is 13.3. The van der Waals surface area contributed by atoms with Crippen LogP contribution in [0.3, 0.4) is 0 Å². The zero-order valence-corrected chi connectivity index (χ0v) is 12.5. The minimum Gasteiger partial charge on any atom is -0.379 e. The average Bonchev–Trinajstić information content (AvgIpc) is 2.24. The van der Waals surface area contributed by atoms with Crippen molar-refractivity contribution in [3.63, 3.8) is 0 Å². The molecule has 0 radical (unpaired) electrons. The third kappa shape index (κ3) is 9.57. The molecule has 0 rings (SSSR count). The molecular weight excluding hydrogens is 214 g/mol. The maximum Gasteiger partial charge on any atom is 0.0784 e. The summed E-state index contributed by atoms with van der Waals surface area (Å²) in [5.41, 5.74) is 0. The van der Waals surface area contributed by atoms with Gasteiger partial charge in [-0.15, -0.1) is 0 Å². The largest absolute Gasteiger partial charge is 0.379 e. The fourth-order valence-corrected chi connectivity index (χ4v) is 1.58. The summed E-state index contributed by atoms with van der Waals surface area (Å²) in [5.74, 6) is 1.21. The summed E-state index contributed by atoms with van der Waals surface area (Å²) in [6.45, 7) is 16.3. The van der Waals surface area contributed by atoms with Crippen molar-refractivity contribution in [3.8, 4) is 0 Å². The van der Waals surface area contributed by atoms with Gasteiger partial charge in [0.05, 0.1) is 18.8 Å². The Morgan fingerprint density at radius 3 is 2.12 bits per heavy atom. The molecule has 17 heavy (non-hydrogen) atoms. The topological polar surface area (TPSA) is 30.5 Å². The molecule has 0 aromatic rings. The lowest BCUT2D eigenvalue weighted by molar-refractivity contribution is -0.0619. The van der Waals surface area contributed by atoms with Gasteiger partial charge in [-0.2, -0.15) is 0 Å². The third-order valence-corrected chi connectivity index (χ3v) is 2.61. The van der Waals surface area contributed by atoms with Crippen LogP contribution in [0.1, 0.15) is 41.5 Å². The van der Waals surface area contributed by atoms with Crippen LogP contribution in [0.25, 0.3) is 0 Å². The van der Waals surface area contributed by atoms with Gasteiger partial charge in [0.15, 0.2) is 0 Å². The molecule has 0 aromatic carbocycles. The van der Waals surface area contributed by atoms with Crippen molar-refractivity contribution in [1.82, 2.24) is 5.32 Å². The Hall–Kier alpha value is -0.120. The smallest absolute Gasteiger partial charge is 0.0784 e. The number of hydrogen-bond donors (Lipinski definition) is 1. The van der Waals surface area contributed by atoms with Gasteiger partial charge in [-0.3, -0.25) is 0 Å². The molecule has 0 aliphatic rings. The summed E-state index contributed by atoms with van der Waals surface area (Å²) in [7, 11) is 0. The van der Waals surface area contributed by atoms with Gasteiger partial charge in [0.2, 0.25) is 0 Å². The highest BCUT2D eigenvalue weighted by Crippen LogP contribution is 2.09.